The number of anilines is 6. The number of nitrogens with zero attached hydrogens (tertiary/aromatic N) is 3. The highest BCUT2D eigenvalue weighted by Gasteiger charge is 2.47. The minimum atomic E-state index is -0.563. The summed E-state index contributed by atoms with van der Waals surface area (Å²) in [5, 5.41) is 0.00404. The molecular formula is C108H88BN3. The van der Waals surface area contributed by atoms with Crippen LogP contribution >= 0.6 is 0 Å². The van der Waals surface area contributed by atoms with E-state index in [2.05, 4.69) is 388 Å². The fourth-order valence-electron chi connectivity index (χ4n) is 17.0. The highest BCUT2D eigenvalue weighted by molar-refractivity contribution is 7.00. The number of hydrogen-bond acceptors (Lipinski definition) is 2. The van der Waals surface area contributed by atoms with Gasteiger partial charge < -0.3 is 14.4 Å². The van der Waals surface area contributed by atoms with Crippen LogP contribution in [0.25, 0.3) is 128 Å². The molecule has 0 bridgehead atoms. The molecule has 0 fully saturated rings. The first kappa shape index (κ1) is 60.8. The van der Waals surface area contributed by atoms with Gasteiger partial charge in [-0.2, -0.15) is 0 Å². The molecule has 0 amide bonds. The molecule has 3 heterocycles. The Balaban J connectivity index is 1.03. The van der Waals surface area contributed by atoms with Gasteiger partial charge in [-0.25, -0.2) is 0 Å². The Hall–Kier alpha value is -13.0. The minimum Gasteiger partial charge on any atom is -0.310 e. The van der Waals surface area contributed by atoms with Crippen LogP contribution in [0.4, 0.5) is 34.1 Å². The molecule has 112 heavy (non-hydrogen) atoms. The summed E-state index contributed by atoms with van der Waals surface area (Å²) in [6.45, 7) is 20.1. The Morgan fingerprint density at radius 1 is 0.250 bits per heavy atom. The zero-order valence-corrected chi connectivity index (χ0v) is 64.5. The molecule has 2 aliphatic rings. The fourth-order valence-corrected chi connectivity index (χ4v) is 17.0. The standard InChI is InChI=1S/C108H88BN3/c1-106(2,3)85-64-91(75-42-24-14-25-43-75)104(92(65-85)76-44-26-15-27-45-76)111-99-57-54-79(84-61-82(73-38-20-12-21-39-73)60-83(62-84)74-40-22-13-23-41-74)63-96(99)109-95-56-55-88(110-97-52-30-28-50-89(97)90-51-29-31-53-98(90)110)70-100(95)112(102-69-87(108(7,8)9)68-101(111)103(102)109)105-93(80-48-32-46-77(58-80)71-34-16-10-17-35-71)66-86(107(4,5)6)67-94(105)81-49-33-47-78(59-81)72-36-18-11-19-37-72/h10-70H,1-9H3/i28D,29D,30D,31D,50D,51D,52D,53D. The molecule has 0 radical (unpaired) electrons. The summed E-state index contributed by atoms with van der Waals surface area (Å²) in [7, 11) is 0. The molecule has 19 rings (SSSR count). The smallest absolute Gasteiger partial charge is 0.252 e. The van der Waals surface area contributed by atoms with E-state index in [1.165, 1.54) is 5.56 Å². The van der Waals surface area contributed by atoms with E-state index in [0.717, 1.165) is 162 Å². The van der Waals surface area contributed by atoms with Gasteiger partial charge >= 0.3 is 0 Å². The van der Waals surface area contributed by atoms with Crippen molar-refractivity contribution in [2.24, 2.45) is 0 Å². The van der Waals surface area contributed by atoms with Crippen LogP contribution < -0.4 is 26.2 Å². The molecule has 17 aromatic rings. The number of para-hydroxylation sites is 2. The zero-order chi connectivity index (χ0) is 83.1. The van der Waals surface area contributed by atoms with Crippen molar-refractivity contribution in [1.29, 1.82) is 0 Å². The first-order valence-corrected chi connectivity index (χ1v) is 38.9. The Morgan fingerprint density at radius 2 is 0.580 bits per heavy atom. The molecule has 0 N–H and O–H groups in total. The molecule has 0 atom stereocenters. The van der Waals surface area contributed by atoms with E-state index in [1.807, 2.05) is 6.07 Å². The molecule has 0 saturated heterocycles. The number of aromatic nitrogens is 1. The van der Waals surface area contributed by atoms with Gasteiger partial charge in [0.05, 0.1) is 33.4 Å². The normalized spacial score (nSPS) is 13.6. The highest BCUT2D eigenvalue weighted by atomic mass is 15.2. The molecule has 2 aliphatic heterocycles. The summed E-state index contributed by atoms with van der Waals surface area (Å²) in [5.41, 5.74) is 29.8. The predicted octanol–water partition coefficient (Wildman–Crippen LogP) is 27.8. The molecule has 538 valence electrons. The van der Waals surface area contributed by atoms with Crippen LogP contribution in [0, 0.1) is 0 Å². The third-order valence-corrected chi connectivity index (χ3v) is 22.8. The van der Waals surface area contributed by atoms with Crippen LogP contribution in [0.15, 0.2) is 370 Å². The second-order valence-electron chi connectivity index (χ2n) is 33.1. The maximum Gasteiger partial charge on any atom is 0.252 e. The van der Waals surface area contributed by atoms with E-state index in [1.54, 1.807) is 4.57 Å². The van der Waals surface area contributed by atoms with E-state index < -0.39 is 53.8 Å². The molecule has 3 nitrogen and oxygen atoms in total. The largest absolute Gasteiger partial charge is 0.310 e. The lowest BCUT2D eigenvalue weighted by Crippen LogP contribution is -2.61. The lowest BCUT2D eigenvalue weighted by atomic mass is 9.33. The van der Waals surface area contributed by atoms with E-state index in [0.29, 0.717) is 5.69 Å². The summed E-state index contributed by atoms with van der Waals surface area (Å²) in [6.07, 6.45) is 0. The number of rotatable bonds is 12. The lowest BCUT2D eigenvalue weighted by molar-refractivity contribution is 0.590. The molecule has 0 spiro atoms. The van der Waals surface area contributed by atoms with Crippen LogP contribution in [0.3, 0.4) is 0 Å². The van der Waals surface area contributed by atoms with Gasteiger partial charge in [0.15, 0.2) is 0 Å². The number of hydrogen-bond donors (Lipinski definition) is 0. The quantitative estimate of drug-likeness (QED) is 0.113. The van der Waals surface area contributed by atoms with Crippen molar-refractivity contribution in [2.45, 2.75) is 78.6 Å². The summed E-state index contributed by atoms with van der Waals surface area (Å²) < 4.78 is 78.5. The van der Waals surface area contributed by atoms with Gasteiger partial charge in [0.2, 0.25) is 0 Å². The van der Waals surface area contributed by atoms with Gasteiger partial charge in [-0.05, 0) is 224 Å². The van der Waals surface area contributed by atoms with Crippen molar-refractivity contribution in [3.63, 3.8) is 0 Å². The van der Waals surface area contributed by atoms with Crippen molar-refractivity contribution >= 4 is 79.0 Å². The van der Waals surface area contributed by atoms with Crippen molar-refractivity contribution in [1.82, 2.24) is 4.57 Å². The lowest BCUT2D eigenvalue weighted by Gasteiger charge is -2.47. The molecule has 0 saturated carbocycles. The average molecular weight is 1450 g/mol. The monoisotopic (exact) mass is 1450 g/mol. The first-order chi connectivity index (χ1) is 57.8. The third-order valence-electron chi connectivity index (χ3n) is 22.8. The van der Waals surface area contributed by atoms with Crippen LogP contribution in [0.5, 0.6) is 0 Å². The second-order valence-corrected chi connectivity index (χ2v) is 33.1. The van der Waals surface area contributed by atoms with Gasteiger partial charge in [0, 0.05) is 61.5 Å². The zero-order valence-electron chi connectivity index (χ0n) is 72.5. The first-order valence-electron chi connectivity index (χ1n) is 42.9. The van der Waals surface area contributed by atoms with E-state index in [4.69, 9.17) is 0 Å². The summed E-state index contributed by atoms with van der Waals surface area (Å²) >= 11 is 0. The molecular weight excluding hydrogens is 1350 g/mol. The second kappa shape index (κ2) is 27.5. The molecule has 0 unspecified atom stereocenters. The molecule has 4 heteroatoms. The summed E-state index contributed by atoms with van der Waals surface area (Å²) in [6, 6.07) is 113. The molecule has 1 aromatic heterocycles. The minimum absolute atomic E-state index is 0.00202. The van der Waals surface area contributed by atoms with Crippen molar-refractivity contribution in [3.8, 4) is 106 Å². The van der Waals surface area contributed by atoms with Crippen LogP contribution in [-0.4, -0.2) is 11.3 Å². The SMILES string of the molecule is [2H]c1c([2H])c([2H])c2c(c1[2H])c1c([2H])c([2H])c([2H])c([2H])c1n2-c1ccc2c(c1)N(c1c(-c3cccc(-c4ccccc4)c3)cc(C(C)(C)C)cc1-c1cccc(-c3ccccc3)c1)c1cc(C(C)(C)C)cc3c1B2c1cc(-c2cc(-c4ccccc4)cc(-c4ccccc4)c2)ccc1N3c1c(-c2ccccc2)cc(C(C)(C)C)cc1-c1ccccc1. The Labute approximate surface area is 671 Å². The highest BCUT2D eigenvalue weighted by Crippen LogP contribution is 2.56. The van der Waals surface area contributed by atoms with Gasteiger partial charge in [-0.1, -0.05) is 335 Å². The topological polar surface area (TPSA) is 11.4 Å². The number of fused-ring (bicyclic) bond motifs is 7. The van der Waals surface area contributed by atoms with Crippen LogP contribution in [-0.2, 0) is 16.2 Å². The van der Waals surface area contributed by atoms with Gasteiger partial charge in [0.25, 0.3) is 6.71 Å². The van der Waals surface area contributed by atoms with E-state index in [-0.39, 0.29) is 39.3 Å². The average Bonchev–Trinajstić information content (AvgIpc) is 0.775. The maximum atomic E-state index is 10.0. The van der Waals surface area contributed by atoms with Gasteiger partial charge in [-0.3, -0.25) is 0 Å². The van der Waals surface area contributed by atoms with E-state index in [9.17, 15) is 11.0 Å². The van der Waals surface area contributed by atoms with Crippen LogP contribution in [0.1, 0.15) is 90.0 Å². The summed E-state index contributed by atoms with van der Waals surface area (Å²) in [5.74, 6) is 0. The Kier molecular flexibility index (Phi) is 15.0. The Morgan fingerprint density at radius 3 is 1.00 bits per heavy atom. The predicted molar refractivity (Wildman–Crippen MR) is 480 cm³/mol. The fraction of sp³-hybridized carbons (Fsp3) is 0.111. The molecule has 0 aliphatic carbocycles. The van der Waals surface area contributed by atoms with Crippen molar-refractivity contribution in [2.75, 3.05) is 9.80 Å². The Bertz CT molecular complexity index is 6690. The maximum absolute atomic E-state index is 10.0. The summed E-state index contributed by atoms with van der Waals surface area (Å²) in [4.78, 5) is 5.11. The molecule has 16 aromatic carbocycles. The van der Waals surface area contributed by atoms with Crippen molar-refractivity contribution in [3.05, 3.63) is 387 Å². The third kappa shape index (κ3) is 12.3. The van der Waals surface area contributed by atoms with E-state index >= 15 is 0 Å². The van der Waals surface area contributed by atoms with Gasteiger partial charge in [0.1, 0.15) is 0 Å². The van der Waals surface area contributed by atoms with Gasteiger partial charge in [-0.15, -0.1) is 0 Å². The van der Waals surface area contributed by atoms with Crippen LogP contribution in [0.2, 0.25) is 0 Å². The number of benzene rings is 16. The van der Waals surface area contributed by atoms with Crippen molar-refractivity contribution < 1.29 is 11.0 Å².